The van der Waals surface area contributed by atoms with Gasteiger partial charge in [0.2, 0.25) is 5.95 Å². The molecule has 0 saturated heterocycles. The zero-order chi connectivity index (χ0) is 21.1. The molecule has 0 fully saturated rings. The van der Waals surface area contributed by atoms with E-state index in [2.05, 4.69) is 15.4 Å². The highest BCUT2D eigenvalue weighted by Gasteiger charge is 2.19. The summed E-state index contributed by atoms with van der Waals surface area (Å²) in [6.45, 7) is 2.42. The van der Waals surface area contributed by atoms with Gasteiger partial charge in [0.25, 0.3) is 5.91 Å². The van der Waals surface area contributed by atoms with Gasteiger partial charge in [0.15, 0.2) is 5.82 Å². The maximum atomic E-state index is 13.3. The van der Waals surface area contributed by atoms with E-state index in [9.17, 15) is 9.18 Å². The molecule has 7 heteroatoms. The minimum atomic E-state index is -0.411. The lowest BCUT2D eigenvalue weighted by molar-refractivity contribution is 0.0947. The van der Waals surface area contributed by atoms with Gasteiger partial charge in [-0.15, -0.1) is 5.10 Å². The van der Waals surface area contributed by atoms with Crippen molar-refractivity contribution in [2.45, 2.75) is 13.5 Å². The lowest BCUT2D eigenvalue weighted by Gasteiger charge is -2.07. The SMILES string of the molecule is Cc1ccc(-c2nc(NCc3ccc(Cl)cc3)n(C(=O)c3ccc(F)cc3)n2)cc1. The number of halogens is 2. The fraction of sp³-hybridized carbons (Fsp3) is 0.0870. The minimum Gasteiger partial charge on any atom is -0.350 e. The number of nitrogens with one attached hydrogen (secondary N) is 1. The second kappa shape index (κ2) is 8.47. The van der Waals surface area contributed by atoms with E-state index in [-0.39, 0.29) is 0 Å². The molecule has 0 aliphatic carbocycles. The van der Waals surface area contributed by atoms with E-state index >= 15 is 0 Å². The van der Waals surface area contributed by atoms with Gasteiger partial charge in [0.1, 0.15) is 5.82 Å². The molecular formula is C23H18ClFN4O. The first-order valence-corrected chi connectivity index (χ1v) is 9.70. The summed E-state index contributed by atoms with van der Waals surface area (Å²) in [5.41, 5.74) is 3.19. The van der Waals surface area contributed by atoms with E-state index in [0.29, 0.717) is 28.9 Å². The van der Waals surface area contributed by atoms with Crippen LogP contribution in [0.3, 0.4) is 0 Å². The monoisotopic (exact) mass is 420 g/mol. The Balaban J connectivity index is 1.68. The van der Waals surface area contributed by atoms with Gasteiger partial charge in [-0.25, -0.2) is 4.39 Å². The molecule has 3 aromatic carbocycles. The van der Waals surface area contributed by atoms with Crippen LogP contribution in [0.15, 0.2) is 72.8 Å². The van der Waals surface area contributed by atoms with Crippen LogP contribution in [0.5, 0.6) is 0 Å². The molecule has 0 aliphatic heterocycles. The average molecular weight is 421 g/mol. The molecule has 1 aromatic heterocycles. The van der Waals surface area contributed by atoms with Gasteiger partial charge in [-0.05, 0) is 48.9 Å². The Hall–Kier alpha value is -3.51. The Labute approximate surface area is 178 Å². The standard InChI is InChI=1S/C23H18ClFN4O/c1-15-2-6-17(7-3-15)21-27-23(26-14-16-4-10-19(24)11-5-16)29(28-21)22(30)18-8-12-20(25)13-9-18/h2-13H,14H2,1H3,(H,26,27,28). The topological polar surface area (TPSA) is 59.8 Å². The summed E-state index contributed by atoms with van der Waals surface area (Å²) in [7, 11) is 0. The highest BCUT2D eigenvalue weighted by Crippen LogP contribution is 2.20. The number of aryl methyl sites for hydroxylation is 1. The molecular weight excluding hydrogens is 403 g/mol. The summed E-state index contributed by atoms with van der Waals surface area (Å²) in [5, 5.41) is 8.23. The summed E-state index contributed by atoms with van der Waals surface area (Å²) in [6, 6.07) is 20.4. The first kappa shape index (κ1) is 19.8. The number of rotatable bonds is 5. The zero-order valence-corrected chi connectivity index (χ0v) is 16.9. The van der Waals surface area contributed by atoms with Crippen LogP contribution in [0.4, 0.5) is 10.3 Å². The van der Waals surface area contributed by atoms with Crippen molar-refractivity contribution >= 4 is 23.5 Å². The number of aromatic nitrogens is 3. The molecule has 0 aliphatic rings. The second-order valence-electron chi connectivity index (χ2n) is 6.83. The predicted molar refractivity (Wildman–Crippen MR) is 115 cm³/mol. The maximum absolute atomic E-state index is 13.3. The predicted octanol–water partition coefficient (Wildman–Crippen LogP) is 5.35. The van der Waals surface area contributed by atoms with Gasteiger partial charge in [-0.3, -0.25) is 4.79 Å². The minimum absolute atomic E-state index is 0.301. The average Bonchev–Trinajstić information content (AvgIpc) is 3.18. The molecule has 0 saturated carbocycles. The van der Waals surface area contributed by atoms with Crippen LogP contribution in [0.25, 0.3) is 11.4 Å². The first-order chi connectivity index (χ1) is 14.5. The Morgan fingerprint density at radius 2 is 1.67 bits per heavy atom. The largest absolute Gasteiger partial charge is 0.350 e. The molecule has 30 heavy (non-hydrogen) atoms. The van der Waals surface area contributed by atoms with E-state index < -0.39 is 11.7 Å². The molecule has 150 valence electrons. The molecule has 0 atom stereocenters. The van der Waals surface area contributed by atoms with Crippen LogP contribution < -0.4 is 5.32 Å². The second-order valence-corrected chi connectivity index (χ2v) is 7.27. The molecule has 4 rings (SSSR count). The van der Waals surface area contributed by atoms with Crippen LogP contribution in [0.2, 0.25) is 5.02 Å². The van der Waals surface area contributed by atoms with Crippen LogP contribution in [0, 0.1) is 12.7 Å². The summed E-state index contributed by atoms with van der Waals surface area (Å²) in [6.07, 6.45) is 0. The molecule has 1 heterocycles. The van der Waals surface area contributed by atoms with Crippen molar-refractivity contribution in [1.82, 2.24) is 14.8 Å². The number of benzene rings is 3. The fourth-order valence-corrected chi connectivity index (χ4v) is 3.02. The van der Waals surface area contributed by atoms with E-state index in [1.807, 2.05) is 43.3 Å². The highest BCUT2D eigenvalue weighted by molar-refractivity contribution is 6.30. The number of hydrogen-bond acceptors (Lipinski definition) is 4. The number of carbonyl (C=O) groups excluding carboxylic acids is 1. The van der Waals surface area contributed by atoms with Gasteiger partial charge < -0.3 is 5.32 Å². The van der Waals surface area contributed by atoms with Crippen molar-refractivity contribution in [2.75, 3.05) is 5.32 Å². The summed E-state index contributed by atoms with van der Waals surface area (Å²) in [5.74, 6) is -0.0926. The zero-order valence-electron chi connectivity index (χ0n) is 16.1. The molecule has 5 nitrogen and oxygen atoms in total. The van der Waals surface area contributed by atoms with Crippen molar-refractivity contribution in [3.63, 3.8) is 0 Å². The highest BCUT2D eigenvalue weighted by atomic mass is 35.5. The number of hydrogen-bond donors (Lipinski definition) is 1. The van der Waals surface area contributed by atoms with Crippen molar-refractivity contribution in [1.29, 1.82) is 0 Å². The van der Waals surface area contributed by atoms with Gasteiger partial charge >= 0.3 is 0 Å². The maximum Gasteiger partial charge on any atom is 0.281 e. The normalized spacial score (nSPS) is 10.8. The number of carbonyl (C=O) groups is 1. The van der Waals surface area contributed by atoms with Gasteiger partial charge in [0, 0.05) is 22.7 Å². The summed E-state index contributed by atoms with van der Waals surface area (Å²) >= 11 is 5.94. The Morgan fingerprint density at radius 1 is 1.00 bits per heavy atom. The van der Waals surface area contributed by atoms with E-state index in [1.54, 1.807) is 12.1 Å². The lowest BCUT2D eigenvalue weighted by atomic mass is 10.1. The quantitative estimate of drug-likeness (QED) is 0.473. The first-order valence-electron chi connectivity index (χ1n) is 9.32. The molecule has 4 aromatic rings. The van der Waals surface area contributed by atoms with Crippen LogP contribution in [-0.2, 0) is 6.54 Å². The third-order valence-corrected chi connectivity index (χ3v) is 4.82. The molecule has 0 unspecified atom stereocenters. The Kier molecular flexibility index (Phi) is 5.59. The van der Waals surface area contributed by atoms with E-state index in [0.717, 1.165) is 16.7 Å². The third kappa shape index (κ3) is 4.39. The molecule has 0 bridgehead atoms. The smallest absolute Gasteiger partial charge is 0.281 e. The fourth-order valence-electron chi connectivity index (χ4n) is 2.89. The Morgan fingerprint density at radius 3 is 2.33 bits per heavy atom. The van der Waals surface area contributed by atoms with Crippen molar-refractivity contribution in [3.05, 3.63) is 100 Å². The van der Waals surface area contributed by atoms with Crippen LogP contribution >= 0.6 is 11.6 Å². The Bertz CT molecular complexity index is 1170. The van der Waals surface area contributed by atoms with Crippen molar-refractivity contribution in [3.8, 4) is 11.4 Å². The number of nitrogens with zero attached hydrogens (tertiary/aromatic N) is 3. The van der Waals surface area contributed by atoms with Gasteiger partial charge in [0.05, 0.1) is 0 Å². The molecule has 0 radical (unpaired) electrons. The molecule has 1 N–H and O–H groups in total. The third-order valence-electron chi connectivity index (χ3n) is 4.56. The summed E-state index contributed by atoms with van der Waals surface area (Å²) in [4.78, 5) is 17.5. The summed E-state index contributed by atoms with van der Waals surface area (Å²) < 4.78 is 14.5. The van der Waals surface area contributed by atoms with E-state index in [4.69, 9.17) is 11.6 Å². The molecule has 0 spiro atoms. The van der Waals surface area contributed by atoms with Crippen molar-refractivity contribution < 1.29 is 9.18 Å². The van der Waals surface area contributed by atoms with Gasteiger partial charge in [-0.2, -0.15) is 9.67 Å². The number of anilines is 1. The van der Waals surface area contributed by atoms with Crippen LogP contribution in [0.1, 0.15) is 21.5 Å². The van der Waals surface area contributed by atoms with Gasteiger partial charge in [-0.1, -0.05) is 53.6 Å². The van der Waals surface area contributed by atoms with E-state index in [1.165, 1.54) is 28.9 Å². The van der Waals surface area contributed by atoms with Crippen molar-refractivity contribution in [2.24, 2.45) is 0 Å². The molecule has 0 amide bonds. The van der Waals surface area contributed by atoms with Crippen LogP contribution in [-0.4, -0.2) is 20.7 Å². The lowest BCUT2D eigenvalue weighted by Crippen LogP contribution is -2.17.